The van der Waals surface area contributed by atoms with E-state index in [4.69, 9.17) is 0 Å². The number of nitrogens with one attached hydrogen (secondary N) is 1. The molecule has 4 saturated carbocycles. The van der Waals surface area contributed by atoms with Crippen LogP contribution in [0.2, 0.25) is 0 Å². The van der Waals surface area contributed by atoms with Gasteiger partial charge in [-0.3, -0.25) is 10.1 Å². The summed E-state index contributed by atoms with van der Waals surface area (Å²) < 4.78 is 15.1. The van der Waals surface area contributed by atoms with Crippen molar-refractivity contribution in [1.82, 2.24) is 14.8 Å². The van der Waals surface area contributed by atoms with Crippen molar-refractivity contribution in [1.29, 1.82) is 5.26 Å². The van der Waals surface area contributed by atoms with Crippen molar-refractivity contribution < 1.29 is 9.18 Å². The first-order valence-corrected chi connectivity index (χ1v) is 12.5. The molecule has 4 aliphatic rings. The lowest BCUT2D eigenvalue weighted by atomic mass is 9.50. The van der Waals surface area contributed by atoms with Gasteiger partial charge in [-0.2, -0.15) is 5.26 Å². The third kappa shape index (κ3) is 3.74. The van der Waals surface area contributed by atoms with Crippen molar-refractivity contribution in [3.05, 3.63) is 64.7 Å². The van der Waals surface area contributed by atoms with Gasteiger partial charge in [-0.1, -0.05) is 11.3 Å². The Kier molecular flexibility index (Phi) is 5.10. The molecular weight excluding hydrogens is 449 g/mol. The number of carbonyl (C=O) groups excluding carboxylic acids is 1. The number of nitriles is 1. The molecule has 0 aliphatic heterocycles. The Morgan fingerprint density at radius 2 is 1.79 bits per heavy atom. The third-order valence-electron chi connectivity index (χ3n) is 7.68. The number of anilines is 1. The first-order valence-electron chi connectivity index (χ1n) is 11.7. The number of hydrogen-bond donors (Lipinski definition) is 1. The van der Waals surface area contributed by atoms with Gasteiger partial charge in [0.25, 0.3) is 5.91 Å². The molecule has 4 bridgehead atoms. The van der Waals surface area contributed by atoms with Crippen molar-refractivity contribution in [2.24, 2.45) is 17.8 Å². The highest BCUT2D eigenvalue weighted by Crippen LogP contribution is 2.61. The van der Waals surface area contributed by atoms with Crippen molar-refractivity contribution in [2.45, 2.75) is 43.9 Å². The Morgan fingerprint density at radius 1 is 1.12 bits per heavy atom. The minimum atomic E-state index is -0.512. The van der Waals surface area contributed by atoms with E-state index in [1.165, 1.54) is 68.1 Å². The van der Waals surface area contributed by atoms with Gasteiger partial charge in [0, 0.05) is 23.0 Å². The second-order valence-electron chi connectivity index (χ2n) is 10.0. The number of carbonyl (C=O) groups is 1. The fraction of sp³-hybridized carbons (Fsp3) is 0.385. The molecule has 3 aromatic rings. The van der Waals surface area contributed by atoms with E-state index in [2.05, 4.69) is 15.5 Å². The van der Waals surface area contributed by atoms with E-state index in [0.717, 1.165) is 28.4 Å². The Balaban J connectivity index is 1.21. The number of hydrogen-bond acceptors (Lipinski definition) is 5. The van der Waals surface area contributed by atoms with Crippen LogP contribution in [-0.2, 0) is 10.2 Å². The van der Waals surface area contributed by atoms with E-state index in [1.807, 2.05) is 12.1 Å². The molecule has 1 aromatic carbocycles. The maximum absolute atomic E-state index is 13.3. The number of nitrogens with zero attached hydrogens (tertiary/aromatic N) is 4. The van der Waals surface area contributed by atoms with Gasteiger partial charge in [0.15, 0.2) is 0 Å². The molecule has 1 N–H and O–H groups in total. The van der Waals surface area contributed by atoms with Gasteiger partial charge >= 0.3 is 0 Å². The lowest BCUT2D eigenvalue weighted by molar-refractivity contribution is -0.112. The number of amides is 1. The predicted octanol–water partition coefficient (Wildman–Crippen LogP) is 5.48. The van der Waals surface area contributed by atoms with E-state index < -0.39 is 5.91 Å². The minimum absolute atomic E-state index is 0.0337. The summed E-state index contributed by atoms with van der Waals surface area (Å²) in [6, 6.07) is 11.6. The lowest BCUT2D eigenvalue weighted by Crippen LogP contribution is -2.48. The maximum atomic E-state index is 13.3. The van der Waals surface area contributed by atoms with Gasteiger partial charge in [-0.25, -0.2) is 4.39 Å². The normalized spacial score (nSPS) is 27.5. The van der Waals surface area contributed by atoms with Crippen LogP contribution in [0.5, 0.6) is 0 Å². The molecule has 0 atom stereocenters. The van der Waals surface area contributed by atoms with Crippen LogP contribution in [0.1, 0.15) is 49.2 Å². The first kappa shape index (κ1) is 21.2. The smallest absolute Gasteiger partial charge is 0.268 e. The standard InChI is InChI=1S/C26H24FN5OS/c27-20-3-5-21(6-4-20)32-7-1-2-22(32)11-19(15-28)23(33)29-25-31-30-24(34-25)26-12-16-8-17(13-26)10-18(9-16)14-26/h1-7,11,16-18H,8-10,12-14H2,(H,29,31,33)/b19-11-. The maximum Gasteiger partial charge on any atom is 0.268 e. The molecule has 2 aromatic heterocycles. The molecule has 1 amide bonds. The number of benzene rings is 1. The summed E-state index contributed by atoms with van der Waals surface area (Å²) >= 11 is 1.46. The largest absolute Gasteiger partial charge is 0.317 e. The summed E-state index contributed by atoms with van der Waals surface area (Å²) in [6.07, 6.45) is 11.0. The van der Waals surface area contributed by atoms with E-state index in [-0.39, 0.29) is 16.8 Å². The number of halogens is 1. The van der Waals surface area contributed by atoms with Crippen molar-refractivity contribution in [3.8, 4) is 11.8 Å². The zero-order valence-electron chi connectivity index (χ0n) is 18.6. The van der Waals surface area contributed by atoms with E-state index >= 15 is 0 Å². The fourth-order valence-electron chi connectivity index (χ4n) is 6.67. The van der Waals surface area contributed by atoms with Crippen LogP contribution >= 0.6 is 11.3 Å². The monoisotopic (exact) mass is 473 g/mol. The molecule has 34 heavy (non-hydrogen) atoms. The zero-order chi connectivity index (χ0) is 23.3. The van der Waals surface area contributed by atoms with Gasteiger partial charge in [0.1, 0.15) is 22.5 Å². The lowest BCUT2D eigenvalue weighted by Gasteiger charge is -2.55. The minimum Gasteiger partial charge on any atom is -0.317 e. The van der Waals surface area contributed by atoms with Gasteiger partial charge in [-0.05, 0) is 98.8 Å². The summed E-state index contributed by atoms with van der Waals surface area (Å²) in [5, 5.41) is 22.7. The van der Waals surface area contributed by atoms with E-state index in [1.54, 1.807) is 29.0 Å². The van der Waals surface area contributed by atoms with E-state index in [9.17, 15) is 14.4 Å². The average molecular weight is 474 g/mol. The van der Waals surface area contributed by atoms with Crippen LogP contribution in [0.3, 0.4) is 0 Å². The Labute approximate surface area is 201 Å². The van der Waals surface area contributed by atoms with Gasteiger partial charge in [0.2, 0.25) is 5.13 Å². The number of rotatable bonds is 5. The molecule has 4 fully saturated rings. The van der Waals surface area contributed by atoms with Crippen LogP contribution in [0.4, 0.5) is 9.52 Å². The summed E-state index contributed by atoms with van der Waals surface area (Å²) in [6.45, 7) is 0. The van der Waals surface area contributed by atoms with Crippen molar-refractivity contribution >= 4 is 28.5 Å². The molecule has 172 valence electrons. The van der Waals surface area contributed by atoms with E-state index in [0.29, 0.717) is 10.8 Å². The van der Waals surface area contributed by atoms with Crippen LogP contribution in [0.25, 0.3) is 11.8 Å². The van der Waals surface area contributed by atoms with Crippen LogP contribution in [0.15, 0.2) is 48.2 Å². The highest BCUT2D eigenvalue weighted by molar-refractivity contribution is 7.15. The molecule has 4 aliphatic carbocycles. The van der Waals surface area contributed by atoms with Crippen molar-refractivity contribution in [2.75, 3.05) is 5.32 Å². The van der Waals surface area contributed by atoms with Gasteiger partial charge in [-0.15, -0.1) is 10.2 Å². The second kappa shape index (κ2) is 8.17. The molecular formula is C26H24FN5OS. The third-order valence-corrected chi connectivity index (χ3v) is 8.76. The topological polar surface area (TPSA) is 83.6 Å². The summed E-state index contributed by atoms with van der Waals surface area (Å²) in [7, 11) is 0. The Hall–Kier alpha value is -3.31. The molecule has 2 heterocycles. The van der Waals surface area contributed by atoms with Gasteiger partial charge < -0.3 is 4.57 Å². The second-order valence-corrected chi connectivity index (χ2v) is 11.0. The average Bonchev–Trinajstić information content (AvgIpc) is 3.47. The van der Waals surface area contributed by atoms with Crippen LogP contribution in [-0.4, -0.2) is 20.7 Å². The number of aromatic nitrogens is 3. The molecule has 6 nitrogen and oxygen atoms in total. The summed E-state index contributed by atoms with van der Waals surface area (Å²) in [4.78, 5) is 12.9. The van der Waals surface area contributed by atoms with Gasteiger partial charge in [0.05, 0.1) is 0 Å². The highest BCUT2D eigenvalue weighted by Gasteiger charge is 2.53. The highest BCUT2D eigenvalue weighted by atomic mass is 32.1. The Bertz CT molecular complexity index is 1280. The van der Waals surface area contributed by atoms with Crippen LogP contribution in [0, 0.1) is 34.9 Å². The summed E-state index contributed by atoms with van der Waals surface area (Å²) in [5.74, 6) is 1.58. The molecule has 7 rings (SSSR count). The molecule has 0 radical (unpaired) electrons. The fourth-order valence-corrected chi connectivity index (χ4v) is 7.63. The Morgan fingerprint density at radius 3 is 2.44 bits per heavy atom. The molecule has 8 heteroatoms. The quantitative estimate of drug-likeness (QED) is 0.393. The van der Waals surface area contributed by atoms with Crippen molar-refractivity contribution in [3.63, 3.8) is 0 Å². The predicted molar refractivity (Wildman–Crippen MR) is 128 cm³/mol. The summed E-state index contributed by atoms with van der Waals surface area (Å²) in [5.41, 5.74) is 1.47. The first-order chi connectivity index (χ1) is 16.5. The molecule has 0 unspecified atom stereocenters. The van der Waals surface area contributed by atoms with Crippen LogP contribution < -0.4 is 5.32 Å². The molecule has 0 spiro atoms. The zero-order valence-corrected chi connectivity index (χ0v) is 19.4. The molecule has 0 saturated heterocycles. The SMILES string of the molecule is N#C/C(=C/c1cccn1-c1ccc(F)cc1)C(=O)Nc1nnc(C23CC4CC(CC(C4)C2)C3)s1.